The number of hydrogen-bond acceptors (Lipinski definition) is 3. The Morgan fingerprint density at radius 1 is 1.32 bits per heavy atom. The standard InChI is InChI=1S/C18H25NO3/c1-17(2,3)22-16(21)19-11-14-9-15(20)10-18(14,12-19)13-7-5-4-6-8-13/h4-8,14-15,20H,9-12H2,1-3H3. The van der Waals surface area contributed by atoms with Crippen LogP contribution in [0.15, 0.2) is 30.3 Å². The summed E-state index contributed by atoms with van der Waals surface area (Å²) in [4.78, 5) is 14.2. The van der Waals surface area contributed by atoms with Gasteiger partial charge in [-0.2, -0.15) is 0 Å². The van der Waals surface area contributed by atoms with Crippen LogP contribution in [0.5, 0.6) is 0 Å². The molecule has 4 heteroatoms. The predicted molar refractivity (Wildman–Crippen MR) is 84.7 cm³/mol. The van der Waals surface area contributed by atoms with Crippen LogP contribution < -0.4 is 0 Å². The molecule has 1 N–H and O–H groups in total. The molecule has 1 aromatic carbocycles. The molecule has 120 valence electrons. The zero-order valence-corrected chi connectivity index (χ0v) is 13.6. The number of aliphatic hydroxyl groups excluding tert-OH is 1. The van der Waals surface area contributed by atoms with Crippen molar-refractivity contribution < 1.29 is 14.6 Å². The summed E-state index contributed by atoms with van der Waals surface area (Å²) >= 11 is 0. The number of benzene rings is 1. The Balaban J connectivity index is 1.84. The second kappa shape index (κ2) is 5.27. The van der Waals surface area contributed by atoms with Gasteiger partial charge < -0.3 is 14.7 Å². The number of aliphatic hydroxyl groups is 1. The molecule has 2 fully saturated rings. The summed E-state index contributed by atoms with van der Waals surface area (Å²) in [6.07, 6.45) is 0.965. The van der Waals surface area contributed by atoms with Gasteiger partial charge in [0.15, 0.2) is 0 Å². The first-order valence-corrected chi connectivity index (χ1v) is 8.02. The highest BCUT2D eigenvalue weighted by Gasteiger charge is 2.54. The second-order valence-electron chi connectivity index (χ2n) is 7.67. The van der Waals surface area contributed by atoms with Crippen LogP contribution in [0.1, 0.15) is 39.2 Å². The predicted octanol–water partition coefficient (Wildman–Crippen LogP) is 2.95. The summed E-state index contributed by atoms with van der Waals surface area (Å²) in [5.41, 5.74) is 0.619. The van der Waals surface area contributed by atoms with Crippen molar-refractivity contribution in [3.05, 3.63) is 35.9 Å². The molecule has 1 saturated heterocycles. The molecule has 1 saturated carbocycles. The van der Waals surface area contributed by atoms with Crippen LogP contribution in [0.4, 0.5) is 4.79 Å². The molecule has 0 aromatic heterocycles. The van der Waals surface area contributed by atoms with E-state index in [1.54, 1.807) is 0 Å². The SMILES string of the molecule is CC(C)(C)OC(=O)N1CC2CC(O)CC2(c2ccccc2)C1. The van der Waals surface area contributed by atoms with Crippen molar-refractivity contribution in [1.29, 1.82) is 0 Å². The third-order valence-electron chi connectivity index (χ3n) is 4.85. The van der Waals surface area contributed by atoms with E-state index in [0.29, 0.717) is 19.0 Å². The van der Waals surface area contributed by atoms with E-state index in [2.05, 4.69) is 12.1 Å². The average molecular weight is 303 g/mol. The molecule has 1 aliphatic carbocycles. The Morgan fingerprint density at radius 2 is 2.00 bits per heavy atom. The van der Waals surface area contributed by atoms with Gasteiger partial charge in [-0.1, -0.05) is 30.3 Å². The van der Waals surface area contributed by atoms with Crippen LogP contribution in [0.25, 0.3) is 0 Å². The molecule has 1 aromatic rings. The van der Waals surface area contributed by atoms with Gasteiger partial charge in [0, 0.05) is 18.5 Å². The van der Waals surface area contributed by atoms with Crippen LogP contribution >= 0.6 is 0 Å². The lowest BCUT2D eigenvalue weighted by Crippen LogP contribution is -2.38. The van der Waals surface area contributed by atoms with Gasteiger partial charge in [-0.3, -0.25) is 0 Å². The van der Waals surface area contributed by atoms with E-state index in [-0.39, 0.29) is 17.6 Å². The van der Waals surface area contributed by atoms with Gasteiger partial charge in [0.2, 0.25) is 0 Å². The Labute approximate surface area is 132 Å². The summed E-state index contributed by atoms with van der Waals surface area (Å²) in [7, 11) is 0. The number of amides is 1. The molecule has 0 radical (unpaired) electrons. The van der Waals surface area contributed by atoms with Crippen LogP contribution in [-0.2, 0) is 10.2 Å². The van der Waals surface area contributed by atoms with Crippen LogP contribution in [0.2, 0.25) is 0 Å². The van der Waals surface area contributed by atoms with Crippen LogP contribution in [-0.4, -0.2) is 40.9 Å². The molecule has 4 nitrogen and oxygen atoms in total. The van der Waals surface area contributed by atoms with Crippen LogP contribution in [0.3, 0.4) is 0 Å². The number of rotatable bonds is 1. The molecule has 3 unspecified atom stereocenters. The van der Waals surface area contributed by atoms with Crippen LogP contribution in [0, 0.1) is 5.92 Å². The van der Waals surface area contributed by atoms with Gasteiger partial charge in [0.1, 0.15) is 5.60 Å². The van der Waals surface area contributed by atoms with E-state index in [1.807, 2.05) is 43.9 Å². The van der Waals surface area contributed by atoms with Crippen molar-refractivity contribution in [2.45, 2.75) is 50.7 Å². The minimum atomic E-state index is -0.478. The van der Waals surface area contributed by atoms with E-state index >= 15 is 0 Å². The average Bonchev–Trinajstić information content (AvgIpc) is 2.91. The minimum absolute atomic E-state index is 0.127. The summed E-state index contributed by atoms with van der Waals surface area (Å²) in [5.74, 6) is 0.303. The molecule has 2 aliphatic rings. The largest absolute Gasteiger partial charge is 0.444 e. The van der Waals surface area contributed by atoms with Crippen molar-refractivity contribution in [2.75, 3.05) is 13.1 Å². The molecular formula is C18H25NO3. The van der Waals surface area contributed by atoms with Crippen molar-refractivity contribution in [3.8, 4) is 0 Å². The normalized spacial score (nSPS) is 31.2. The first-order chi connectivity index (χ1) is 10.3. The molecule has 1 heterocycles. The molecule has 22 heavy (non-hydrogen) atoms. The smallest absolute Gasteiger partial charge is 0.410 e. The van der Waals surface area contributed by atoms with Gasteiger partial charge in [-0.05, 0) is 45.1 Å². The van der Waals surface area contributed by atoms with Crippen molar-refractivity contribution in [2.24, 2.45) is 5.92 Å². The number of nitrogens with zero attached hydrogens (tertiary/aromatic N) is 1. The zero-order chi connectivity index (χ0) is 16.0. The highest BCUT2D eigenvalue weighted by Crippen LogP contribution is 2.50. The number of ether oxygens (including phenoxy) is 1. The maximum absolute atomic E-state index is 12.4. The fraction of sp³-hybridized carbons (Fsp3) is 0.611. The molecule has 0 spiro atoms. The Morgan fingerprint density at radius 3 is 2.64 bits per heavy atom. The molecule has 0 bridgehead atoms. The zero-order valence-electron chi connectivity index (χ0n) is 13.6. The fourth-order valence-electron chi connectivity index (χ4n) is 4.02. The van der Waals surface area contributed by atoms with Gasteiger partial charge >= 0.3 is 6.09 Å². The summed E-state index contributed by atoms with van der Waals surface area (Å²) in [5, 5.41) is 10.1. The Kier molecular flexibility index (Phi) is 3.68. The van der Waals surface area contributed by atoms with E-state index in [1.165, 1.54) is 5.56 Å². The van der Waals surface area contributed by atoms with E-state index < -0.39 is 5.60 Å². The maximum Gasteiger partial charge on any atom is 0.410 e. The summed E-state index contributed by atoms with van der Waals surface area (Å²) < 4.78 is 5.52. The second-order valence-corrected chi connectivity index (χ2v) is 7.67. The van der Waals surface area contributed by atoms with E-state index in [4.69, 9.17) is 4.74 Å². The lowest BCUT2D eigenvalue weighted by Gasteiger charge is -2.30. The van der Waals surface area contributed by atoms with E-state index in [0.717, 1.165) is 12.8 Å². The number of carbonyl (C=O) groups excluding carboxylic acids is 1. The first kappa shape index (κ1) is 15.3. The van der Waals surface area contributed by atoms with E-state index in [9.17, 15) is 9.90 Å². The minimum Gasteiger partial charge on any atom is -0.444 e. The first-order valence-electron chi connectivity index (χ1n) is 8.02. The van der Waals surface area contributed by atoms with Crippen molar-refractivity contribution in [3.63, 3.8) is 0 Å². The number of likely N-dealkylation sites (tertiary alicyclic amines) is 1. The molecule has 3 atom stereocenters. The van der Waals surface area contributed by atoms with Gasteiger partial charge in [0.25, 0.3) is 0 Å². The molecule has 1 amide bonds. The lowest BCUT2D eigenvalue weighted by atomic mass is 9.74. The fourth-order valence-corrected chi connectivity index (χ4v) is 4.02. The lowest BCUT2D eigenvalue weighted by molar-refractivity contribution is 0.0265. The maximum atomic E-state index is 12.4. The van der Waals surface area contributed by atoms with Gasteiger partial charge in [-0.25, -0.2) is 4.79 Å². The Bertz CT molecular complexity index is 551. The number of carbonyl (C=O) groups is 1. The number of hydrogen-bond donors (Lipinski definition) is 1. The monoisotopic (exact) mass is 303 g/mol. The highest BCUT2D eigenvalue weighted by atomic mass is 16.6. The quantitative estimate of drug-likeness (QED) is 0.868. The molecule has 1 aliphatic heterocycles. The van der Waals surface area contributed by atoms with Crippen molar-refractivity contribution in [1.82, 2.24) is 4.90 Å². The molecular weight excluding hydrogens is 278 g/mol. The van der Waals surface area contributed by atoms with Gasteiger partial charge in [-0.15, -0.1) is 0 Å². The number of fused-ring (bicyclic) bond motifs is 1. The summed E-state index contributed by atoms with van der Waals surface area (Å²) in [6, 6.07) is 10.3. The Hall–Kier alpha value is -1.55. The van der Waals surface area contributed by atoms with Crippen molar-refractivity contribution >= 4 is 6.09 Å². The third-order valence-corrected chi connectivity index (χ3v) is 4.85. The topological polar surface area (TPSA) is 49.8 Å². The summed E-state index contributed by atoms with van der Waals surface area (Å²) in [6.45, 7) is 6.96. The molecule has 3 rings (SSSR count). The third kappa shape index (κ3) is 2.72. The highest BCUT2D eigenvalue weighted by molar-refractivity contribution is 5.69. The van der Waals surface area contributed by atoms with Gasteiger partial charge in [0.05, 0.1) is 6.10 Å².